The van der Waals surface area contributed by atoms with Crippen LogP contribution in [-0.2, 0) is 11.3 Å². The van der Waals surface area contributed by atoms with Gasteiger partial charge in [0.15, 0.2) is 0 Å². The highest BCUT2D eigenvalue weighted by molar-refractivity contribution is 7.12. The van der Waals surface area contributed by atoms with Crippen LogP contribution in [0.25, 0.3) is 0 Å². The molecule has 0 bridgehead atoms. The van der Waals surface area contributed by atoms with Crippen LogP contribution in [0.1, 0.15) is 41.4 Å². The fraction of sp³-hybridized carbons (Fsp3) is 0.429. The van der Waals surface area contributed by atoms with Gasteiger partial charge in [0.25, 0.3) is 5.91 Å². The molecule has 1 saturated heterocycles. The molecule has 138 valence electrons. The van der Waals surface area contributed by atoms with E-state index in [4.69, 9.17) is 0 Å². The first-order valence-electron chi connectivity index (χ1n) is 9.34. The molecule has 1 fully saturated rings. The maximum Gasteiger partial charge on any atom is 0.263 e. The third kappa shape index (κ3) is 4.52. The number of piperidine rings is 1. The fourth-order valence-electron chi connectivity index (χ4n) is 3.48. The van der Waals surface area contributed by atoms with Gasteiger partial charge in [0.1, 0.15) is 0 Å². The number of rotatable bonds is 6. The van der Waals surface area contributed by atoms with Crippen LogP contribution in [0.15, 0.2) is 47.8 Å². The summed E-state index contributed by atoms with van der Waals surface area (Å²) >= 11 is 1.48. The van der Waals surface area contributed by atoms with Gasteiger partial charge in [-0.2, -0.15) is 0 Å². The highest BCUT2D eigenvalue weighted by Crippen LogP contribution is 2.23. The molecule has 4 nitrogen and oxygen atoms in total. The van der Waals surface area contributed by atoms with E-state index in [1.807, 2.05) is 45.5 Å². The Balaban J connectivity index is 1.58. The van der Waals surface area contributed by atoms with Crippen molar-refractivity contribution < 1.29 is 9.59 Å². The molecule has 1 aromatic heterocycles. The molecule has 0 saturated carbocycles. The molecule has 2 aromatic rings. The minimum absolute atomic E-state index is 0.0256. The van der Waals surface area contributed by atoms with Gasteiger partial charge in [-0.1, -0.05) is 43.3 Å². The summed E-state index contributed by atoms with van der Waals surface area (Å²) < 4.78 is 0. The maximum absolute atomic E-state index is 13.0. The van der Waals surface area contributed by atoms with Gasteiger partial charge >= 0.3 is 0 Å². The number of carbonyl (C=O) groups excluding carboxylic acids is 2. The number of carbonyl (C=O) groups is 2. The first-order chi connectivity index (χ1) is 12.7. The van der Waals surface area contributed by atoms with Crippen LogP contribution in [0.2, 0.25) is 0 Å². The van der Waals surface area contributed by atoms with Gasteiger partial charge in [0, 0.05) is 32.1 Å². The van der Waals surface area contributed by atoms with Crippen LogP contribution in [0.4, 0.5) is 0 Å². The Hall–Kier alpha value is -2.14. The maximum atomic E-state index is 13.0. The van der Waals surface area contributed by atoms with Crippen LogP contribution < -0.4 is 0 Å². The van der Waals surface area contributed by atoms with Crippen LogP contribution >= 0.6 is 11.3 Å². The topological polar surface area (TPSA) is 40.6 Å². The molecule has 3 rings (SSSR count). The van der Waals surface area contributed by atoms with Crippen LogP contribution in [0.5, 0.6) is 0 Å². The van der Waals surface area contributed by atoms with E-state index >= 15 is 0 Å². The summed E-state index contributed by atoms with van der Waals surface area (Å²) in [5.74, 6) is 0.358. The lowest BCUT2D eigenvalue weighted by Gasteiger charge is -2.34. The van der Waals surface area contributed by atoms with Crippen molar-refractivity contribution in [3.05, 3.63) is 58.3 Å². The average molecular weight is 371 g/mol. The van der Waals surface area contributed by atoms with Crippen molar-refractivity contribution in [2.45, 2.75) is 32.7 Å². The summed E-state index contributed by atoms with van der Waals surface area (Å²) in [6.07, 6.45) is 2.46. The Morgan fingerprint density at radius 1 is 1.12 bits per heavy atom. The predicted octanol–water partition coefficient (Wildman–Crippen LogP) is 4.04. The third-order valence-corrected chi connectivity index (χ3v) is 5.74. The second kappa shape index (κ2) is 8.99. The Morgan fingerprint density at radius 2 is 1.85 bits per heavy atom. The Bertz CT molecular complexity index is 707. The van der Waals surface area contributed by atoms with Crippen molar-refractivity contribution in [1.82, 2.24) is 9.80 Å². The quantitative estimate of drug-likeness (QED) is 0.770. The number of amides is 2. The van der Waals surface area contributed by atoms with Crippen molar-refractivity contribution in [2.24, 2.45) is 5.92 Å². The van der Waals surface area contributed by atoms with Gasteiger partial charge in [-0.15, -0.1) is 11.3 Å². The highest BCUT2D eigenvalue weighted by atomic mass is 32.1. The van der Waals surface area contributed by atoms with E-state index in [2.05, 4.69) is 19.1 Å². The minimum atomic E-state index is 0.0256. The zero-order valence-electron chi connectivity index (χ0n) is 15.3. The van der Waals surface area contributed by atoms with Crippen molar-refractivity contribution in [2.75, 3.05) is 19.6 Å². The molecular weight excluding hydrogens is 344 g/mol. The zero-order chi connectivity index (χ0) is 18.4. The van der Waals surface area contributed by atoms with Gasteiger partial charge in [-0.3, -0.25) is 9.59 Å². The van der Waals surface area contributed by atoms with Gasteiger partial charge in [-0.25, -0.2) is 0 Å². The SMILES string of the molecule is CCCN(Cc1ccccc1)C(=O)C1CCN(C(=O)c2cccs2)CC1. The largest absolute Gasteiger partial charge is 0.338 e. The lowest BCUT2D eigenvalue weighted by molar-refractivity contribution is -0.137. The number of likely N-dealkylation sites (tertiary alicyclic amines) is 1. The number of hydrogen-bond donors (Lipinski definition) is 0. The van der Waals surface area contributed by atoms with E-state index in [9.17, 15) is 9.59 Å². The Labute approximate surface area is 159 Å². The summed E-state index contributed by atoms with van der Waals surface area (Å²) in [7, 11) is 0. The van der Waals surface area contributed by atoms with Gasteiger partial charge in [0.05, 0.1) is 4.88 Å². The molecule has 0 atom stereocenters. The van der Waals surface area contributed by atoms with Gasteiger partial charge in [-0.05, 0) is 36.3 Å². The molecule has 0 spiro atoms. The smallest absolute Gasteiger partial charge is 0.263 e. The van der Waals surface area contributed by atoms with E-state index < -0.39 is 0 Å². The molecule has 0 aliphatic carbocycles. The van der Waals surface area contributed by atoms with Crippen LogP contribution in [0, 0.1) is 5.92 Å². The molecule has 2 heterocycles. The number of thiophene rings is 1. The molecule has 0 unspecified atom stereocenters. The summed E-state index contributed by atoms with van der Waals surface area (Å²) in [4.78, 5) is 30.1. The molecule has 1 aliphatic rings. The van der Waals surface area contributed by atoms with E-state index in [-0.39, 0.29) is 17.7 Å². The van der Waals surface area contributed by atoms with E-state index in [1.54, 1.807) is 0 Å². The lowest BCUT2D eigenvalue weighted by Crippen LogP contribution is -2.44. The second-order valence-electron chi connectivity index (χ2n) is 6.79. The number of hydrogen-bond acceptors (Lipinski definition) is 3. The average Bonchev–Trinajstić information content (AvgIpc) is 3.22. The first kappa shape index (κ1) is 18.6. The van der Waals surface area contributed by atoms with E-state index in [0.717, 1.165) is 30.7 Å². The monoisotopic (exact) mass is 370 g/mol. The summed E-state index contributed by atoms with van der Waals surface area (Å²) in [5.41, 5.74) is 1.17. The lowest BCUT2D eigenvalue weighted by atomic mass is 9.94. The standard InChI is InChI=1S/C21H26N2O2S/c1-2-12-23(16-17-7-4-3-5-8-17)20(24)18-10-13-22(14-11-18)21(25)19-9-6-15-26-19/h3-9,15,18H,2,10-14,16H2,1H3. The Morgan fingerprint density at radius 3 is 2.46 bits per heavy atom. The molecule has 0 N–H and O–H groups in total. The van der Waals surface area contributed by atoms with Crippen LogP contribution in [-0.4, -0.2) is 41.2 Å². The van der Waals surface area contributed by atoms with Gasteiger partial charge < -0.3 is 9.80 Å². The minimum Gasteiger partial charge on any atom is -0.338 e. The first-order valence-corrected chi connectivity index (χ1v) is 10.2. The molecule has 0 radical (unpaired) electrons. The van der Waals surface area contributed by atoms with Crippen molar-refractivity contribution in [3.8, 4) is 0 Å². The fourth-order valence-corrected chi connectivity index (χ4v) is 4.18. The Kier molecular flexibility index (Phi) is 6.45. The van der Waals surface area contributed by atoms with Crippen molar-refractivity contribution in [3.63, 3.8) is 0 Å². The van der Waals surface area contributed by atoms with E-state index in [0.29, 0.717) is 19.6 Å². The number of benzene rings is 1. The molecule has 26 heavy (non-hydrogen) atoms. The molecule has 1 aromatic carbocycles. The summed E-state index contributed by atoms with van der Waals surface area (Å²) in [6, 6.07) is 13.9. The number of nitrogens with zero attached hydrogens (tertiary/aromatic N) is 2. The molecule has 5 heteroatoms. The predicted molar refractivity (Wildman–Crippen MR) is 105 cm³/mol. The normalized spacial score (nSPS) is 15.0. The summed E-state index contributed by atoms with van der Waals surface area (Å²) in [5, 5.41) is 1.93. The molecule has 2 amide bonds. The van der Waals surface area contributed by atoms with E-state index in [1.165, 1.54) is 16.9 Å². The van der Waals surface area contributed by atoms with Crippen LogP contribution in [0.3, 0.4) is 0 Å². The third-order valence-electron chi connectivity index (χ3n) is 4.88. The molecule has 1 aliphatic heterocycles. The van der Waals surface area contributed by atoms with Gasteiger partial charge in [0.2, 0.25) is 5.91 Å². The van der Waals surface area contributed by atoms with Crippen molar-refractivity contribution >= 4 is 23.2 Å². The molecular formula is C21H26N2O2S. The second-order valence-corrected chi connectivity index (χ2v) is 7.74. The van der Waals surface area contributed by atoms with Crippen molar-refractivity contribution in [1.29, 1.82) is 0 Å². The zero-order valence-corrected chi connectivity index (χ0v) is 16.1. The summed E-state index contributed by atoms with van der Waals surface area (Å²) in [6.45, 7) is 4.88. The highest BCUT2D eigenvalue weighted by Gasteiger charge is 2.30.